The predicted octanol–water partition coefficient (Wildman–Crippen LogP) is 4.93. The van der Waals surface area contributed by atoms with Gasteiger partial charge in [-0.25, -0.2) is 0 Å². The lowest BCUT2D eigenvalue weighted by molar-refractivity contribution is -0.127. The number of ether oxygens (including phenoxy) is 1. The number of piperidine rings is 1. The zero-order valence-corrected chi connectivity index (χ0v) is 18.7. The second-order valence-electron chi connectivity index (χ2n) is 9.71. The van der Waals surface area contributed by atoms with Gasteiger partial charge in [0, 0.05) is 24.4 Å². The molecule has 0 aliphatic carbocycles. The van der Waals surface area contributed by atoms with Crippen molar-refractivity contribution in [1.29, 1.82) is 0 Å². The minimum atomic E-state index is -0.282. The normalized spacial score (nSPS) is 21.5. The summed E-state index contributed by atoms with van der Waals surface area (Å²) in [7, 11) is 0. The second kappa shape index (κ2) is 8.43. The minimum Gasteiger partial charge on any atom is -0.487 e. The lowest BCUT2D eigenvalue weighted by Crippen LogP contribution is -2.45. The van der Waals surface area contributed by atoms with Gasteiger partial charge in [-0.3, -0.25) is 9.69 Å². The quantitative estimate of drug-likeness (QED) is 0.782. The van der Waals surface area contributed by atoms with Gasteiger partial charge in [-0.05, 0) is 70.8 Å². The number of likely N-dealkylation sites (tertiary alicyclic amines) is 1. The van der Waals surface area contributed by atoms with Crippen LogP contribution in [0.1, 0.15) is 61.4 Å². The van der Waals surface area contributed by atoms with Gasteiger partial charge < -0.3 is 10.1 Å². The van der Waals surface area contributed by atoms with E-state index in [-0.39, 0.29) is 23.5 Å². The molecule has 4 rings (SSSR count). The molecule has 0 saturated carbocycles. The molecule has 4 nitrogen and oxygen atoms in total. The Morgan fingerprint density at radius 3 is 2.57 bits per heavy atom. The molecule has 2 aromatic rings. The highest BCUT2D eigenvalue weighted by Gasteiger charge is 2.36. The number of hydrogen-bond acceptors (Lipinski definition) is 3. The van der Waals surface area contributed by atoms with Gasteiger partial charge in [0.25, 0.3) is 0 Å². The van der Waals surface area contributed by atoms with Crippen LogP contribution in [-0.4, -0.2) is 29.5 Å². The number of hydrogen-bond donors (Lipinski definition) is 1. The molecule has 1 N–H and O–H groups in total. The summed E-state index contributed by atoms with van der Waals surface area (Å²) in [5.74, 6) is 1.20. The Balaban J connectivity index is 1.36. The van der Waals surface area contributed by atoms with Crippen molar-refractivity contribution in [1.82, 2.24) is 10.2 Å². The average molecular weight is 407 g/mol. The molecule has 2 heterocycles. The molecule has 0 bridgehead atoms. The third-order valence-electron chi connectivity index (χ3n) is 6.39. The zero-order valence-electron chi connectivity index (χ0n) is 18.7. The fourth-order valence-corrected chi connectivity index (χ4v) is 4.80. The smallest absolute Gasteiger partial charge is 0.223 e. The van der Waals surface area contributed by atoms with Crippen LogP contribution in [0.2, 0.25) is 0 Å². The molecule has 0 radical (unpaired) electrons. The minimum absolute atomic E-state index is 0.0159. The Morgan fingerprint density at radius 1 is 1.10 bits per heavy atom. The molecular weight excluding hydrogens is 372 g/mol. The Kier molecular flexibility index (Phi) is 5.88. The van der Waals surface area contributed by atoms with E-state index >= 15 is 0 Å². The van der Waals surface area contributed by atoms with E-state index in [4.69, 9.17) is 4.74 Å². The van der Waals surface area contributed by atoms with E-state index in [0.717, 1.165) is 50.2 Å². The van der Waals surface area contributed by atoms with Crippen LogP contribution in [0.5, 0.6) is 5.75 Å². The molecule has 1 saturated heterocycles. The van der Waals surface area contributed by atoms with E-state index in [0.29, 0.717) is 0 Å². The van der Waals surface area contributed by atoms with Crippen LogP contribution in [0.3, 0.4) is 0 Å². The molecule has 0 spiro atoms. The van der Waals surface area contributed by atoms with Gasteiger partial charge in [0.05, 0.1) is 6.04 Å². The maximum Gasteiger partial charge on any atom is 0.223 e. The first-order valence-corrected chi connectivity index (χ1v) is 11.2. The fourth-order valence-electron chi connectivity index (χ4n) is 4.80. The van der Waals surface area contributed by atoms with Crippen LogP contribution in [0.15, 0.2) is 42.5 Å². The van der Waals surface area contributed by atoms with Crippen LogP contribution in [0.25, 0.3) is 0 Å². The molecule has 1 amide bonds. The van der Waals surface area contributed by atoms with Gasteiger partial charge in [-0.15, -0.1) is 0 Å². The number of aryl methyl sites for hydroxylation is 2. The van der Waals surface area contributed by atoms with Crippen molar-refractivity contribution in [3.63, 3.8) is 0 Å². The fraction of sp³-hybridized carbons (Fsp3) is 0.500. The molecular formula is C26H34N2O2. The van der Waals surface area contributed by atoms with Crippen LogP contribution in [0, 0.1) is 19.8 Å². The third kappa shape index (κ3) is 4.86. The molecule has 2 aromatic carbocycles. The first kappa shape index (κ1) is 20.9. The van der Waals surface area contributed by atoms with Gasteiger partial charge in [0.1, 0.15) is 11.4 Å². The second-order valence-corrected chi connectivity index (χ2v) is 9.71. The molecule has 1 unspecified atom stereocenters. The number of fused-ring (bicyclic) bond motifs is 1. The van der Waals surface area contributed by atoms with E-state index in [1.165, 1.54) is 16.7 Å². The highest BCUT2D eigenvalue weighted by molar-refractivity contribution is 5.79. The summed E-state index contributed by atoms with van der Waals surface area (Å²) in [6.45, 7) is 11.3. The molecule has 0 aromatic heterocycles. The molecule has 2 aliphatic rings. The number of nitrogens with one attached hydrogen (secondary N) is 1. The van der Waals surface area contributed by atoms with Crippen molar-refractivity contribution in [2.45, 2.75) is 65.1 Å². The average Bonchev–Trinajstić information content (AvgIpc) is 2.67. The van der Waals surface area contributed by atoms with Crippen molar-refractivity contribution < 1.29 is 9.53 Å². The molecule has 2 aliphatic heterocycles. The van der Waals surface area contributed by atoms with E-state index in [2.05, 4.69) is 80.4 Å². The molecule has 160 valence electrons. The summed E-state index contributed by atoms with van der Waals surface area (Å²) >= 11 is 0. The van der Waals surface area contributed by atoms with E-state index in [9.17, 15) is 4.79 Å². The van der Waals surface area contributed by atoms with Crippen LogP contribution in [0.4, 0.5) is 0 Å². The van der Waals surface area contributed by atoms with Gasteiger partial charge >= 0.3 is 0 Å². The molecule has 4 heteroatoms. The lowest BCUT2D eigenvalue weighted by atomic mass is 9.88. The molecule has 1 fully saturated rings. The van der Waals surface area contributed by atoms with Crippen molar-refractivity contribution in [3.8, 4) is 5.75 Å². The summed E-state index contributed by atoms with van der Waals surface area (Å²) in [5.41, 5.74) is 4.66. The Bertz CT molecular complexity index is 913. The maximum absolute atomic E-state index is 13.1. The number of benzene rings is 2. The number of carbonyl (C=O) groups is 1. The number of rotatable bonds is 4. The number of amides is 1. The number of nitrogens with zero attached hydrogens (tertiary/aromatic N) is 1. The maximum atomic E-state index is 13.1. The van der Waals surface area contributed by atoms with E-state index in [1.54, 1.807) is 0 Å². The molecule has 1 atom stereocenters. The van der Waals surface area contributed by atoms with Crippen LogP contribution < -0.4 is 10.1 Å². The van der Waals surface area contributed by atoms with Crippen molar-refractivity contribution in [2.75, 3.05) is 13.1 Å². The summed E-state index contributed by atoms with van der Waals surface area (Å²) < 4.78 is 6.18. The summed E-state index contributed by atoms with van der Waals surface area (Å²) in [6, 6.07) is 15.0. The van der Waals surface area contributed by atoms with E-state index < -0.39 is 0 Å². The highest BCUT2D eigenvalue weighted by Crippen LogP contribution is 2.40. The van der Waals surface area contributed by atoms with Crippen molar-refractivity contribution in [2.24, 2.45) is 5.92 Å². The Labute approximate surface area is 180 Å². The first-order valence-electron chi connectivity index (χ1n) is 11.2. The lowest BCUT2D eigenvalue weighted by Gasteiger charge is -2.39. The zero-order chi connectivity index (χ0) is 21.3. The summed E-state index contributed by atoms with van der Waals surface area (Å²) in [5, 5.41) is 3.35. The monoisotopic (exact) mass is 406 g/mol. The Morgan fingerprint density at radius 2 is 1.83 bits per heavy atom. The standard InChI is InChI=1S/C26H34N2O2/c1-18-6-5-7-20(14-18)17-28-12-10-21(11-13-28)25(29)27-23-16-26(3,4)30-24-15-19(2)8-9-22(23)24/h5-9,14-15,21,23H,10-13,16-17H2,1-4H3,(H,27,29). The first-order chi connectivity index (χ1) is 14.3. The van der Waals surface area contributed by atoms with Crippen molar-refractivity contribution >= 4 is 5.91 Å². The Hall–Kier alpha value is -2.33. The van der Waals surface area contributed by atoms with Crippen LogP contribution >= 0.6 is 0 Å². The SMILES string of the molecule is Cc1cccc(CN2CCC(C(=O)NC3CC(C)(C)Oc4cc(C)ccc43)CC2)c1. The molecule has 30 heavy (non-hydrogen) atoms. The highest BCUT2D eigenvalue weighted by atomic mass is 16.5. The number of carbonyl (C=O) groups excluding carboxylic acids is 1. The van der Waals surface area contributed by atoms with Gasteiger partial charge in [-0.2, -0.15) is 0 Å². The topological polar surface area (TPSA) is 41.6 Å². The van der Waals surface area contributed by atoms with Crippen molar-refractivity contribution in [3.05, 3.63) is 64.7 Å². The van der Waals surface area contributed by atoms with Gasteiger partial charge in [0.2, 0.25) is 5.91 Å². The third-order valence-corrected chi connectivity index (χ3v) is 6.39. The van der Waals surface area contributed by atoms with Gasteiger partial charge in [0.15, 0.2) is 0 Å². The van der Waals surface area contributed by atoms with Crippen LogP contribution in [-0.2, 0) is 11.3 Å². The largest absolute Gasteiger partial charge is 0.487 e. The summed E-state index contributed by atoms with van der Waals surface area (Å²) in [6.07, 6.45) is 2.64. The predicted molar refractivity (Wildman–Crippen MR) is 121 cm³/mol. The summed E-state index contributed by atoms with van der Waals surface area (Å²) in [4.78, 5) is 15.6. The van der Waals surface area contributed by atoms with Gasteiger partial charge in [-0.1, -0.05) is 42.0 Å². The van der Waals surface area contributed by atoms with E-state index in [1.807, 2.05) is 0 Å².